The molecule has 1 saturated heterocycles. The largest absolute Gasteiger partial charge is 0.381 e. The summed E-state index contributed by atoms with van der Waals surface area (Å²) in [6, 6.07) is 0. The standard InChI is InChI=1S/C20H39N3O3/c1-21-20(23-12-6-14-26-19-7-3-2-4-8-19)22-11-5-13-25-17-18-9-15-24-16-10-18/h18-19H,2-17H2,1H3,(H2,21,22,23). The van der Waals surface area contributed by atoms with Crippen LogP contribution in [-0.2, 0) is 14.2 Å². The molecule has 6 heteroatoms. The first-order chi connectivity index (χ1) is 12.9. The number of rotatable bonds is 11. The Balaban J connectivity index is 1.38. The summed E-state index contributed by atoms with van der Waals surface area (Å²) in [5.41, 5.74) is 0. The highest BCUT2D eigenvalue weighted by Gasteiger charge is 2.14. The third kappa shape index (κ3) is 9.74. The van der Waals surface area contributed by atoms with Crippen LogP contribution in [0.15, 0.2) is 4.99 Å². The molecule has 0 radical (unpaired) electrons. The molecule has 2 N–H and O–H groups in total. The molecule has 0 aromatic rings. The molecule has 0 unspecified atom stereocenters. The van der Waals surface area contributed by atoms with E-state index in [1.54, 1.807) is 0 Å². The summed E-state index contributed by atoms with van der Waals surface area (Å²) in [4.78, 5) is 4.27. The van der Waals surface area contributed by atoms with E-state index in [0.717, 1.165) is 77.8 Å². The first-order valence-corrected chi connectivity index (χ1v) is 10.6. The Morgan fingerprint density at radius 1 is 0.962 bits per heavy atom. The van der Waals surface area contributed by atoms with Crippen molar-refractivity contribution >= 4 is 5.96 Å². The van der Waals surface area contributed by atoms with Gasteiger partial charge in [-0.05, 0) is 44.4 Å². The average Bonchev–Trinajstić information content (AvgIpc) is 2.70. The van der Waals surface area contributed by atoms with Crippen LogP contribution in [0.25, 0.3) is 0 Å². The third-order valence-electron chi connectivity index (χ3n) is 5.20. The number of nitrogens with zero attached hydrogens (tertiary/aromatic N) is 1. The van der Waals surface area contributed by atoms with Crippen LogP contribution in [0.3, 0.4) is 0 Å². The second-order valence-corrected chi connectivity index (χ2v) is 7.39. The number of hydrogen-bond acceptors (Lipinski definition) is 4. The van der Waals surface area contributed by atoms with E-state index < -0.39 is 0 Å². The molecule has 1 aliphatic carbocycles. The molecule has 0 amide bonds. The van der Waals surface area contributed by atoms with Crippen molar-refractivity contribution in [3.8, 4) is 0 Å². The number of aliphatic imine (C=N–C) groups is 1. The molecule has 26 heavy (non-hydrogen) atoms. The van der Waals surface area contributed by atoms with Gasteiger partial charge in [0.1, 0.15) is 0 Å². The van der Waals surface area contributed by atoms with Crippen LogP contribution < -0.4 is 10.6 Å². The fraction of sp³-hybridized carbons (Fsp3) is 0.950. The smallest absolute Gasteiger partial charge is 0.190 e. The third-order valence-corrected chi connectivity index (χ3v) is 5.20. The number of nitrogens with one attached hydrogen (secondary N) is 2. The van der Waals surface area contributed by atoms with Crippen LogP contribution in [0.5, 0.6) is 0 Å². The lowest BCUT2D eigenvalue weighted by Crippen LogP contribution is -2.38. The Bertz CT molecular complexity index is 367. The van der Waals surface area contributed by atoms with Crippen molar-refractivity contribution in [2.24, 2.45) is 10.9 Å². The topological polar surface area (TPSA) is 64.1 Å². The predicted molar refractivity (Wildman–Crippen MR) is 106 cm³/mol. The van der Waals surface area contributed by atoms with Gasteiger partial charge in [0.05, 0.1) is 6.10 Å². The Morgan fingerprint density at radius 3 is 2.35 bits per heavy atom. The van der Waals surface area contributed by atoms with Gasteiger partial charge in [0.2, 0.25) is 0 Å². The van der Waals surface area contributed by atoms with Crippen molar-refractivity contribution in [1.82, 2.24) is 10.6 Å². The molecular weight excluding hydrogens is 330 g/mol. The molecule has 0 bridgehead atoms. The average molecular weight is 370 g/mol. The molecule has 1 aliphatic heterocycles. The summed E-state index contributed by atoms with van der Waals surface area (Å²) in [5.74, 6) is 1.55. The molecule has 1 saturated carbocycles. The van der Waals surface area contributed by atoms with Gasteiger partial charge >= 0.3 is 0 Å². The first-order valence-electron chi connectivity index (χ1n) is 10.6. The van der Waals surface area contributed by atoms with E-state index in [4.69, 9.17) is 14.2 Å². The maximum atomic E-state index is 5.95. The van der Waals surface area contributed by atoms with Crippen LogP contribution in [0.2, 0.25) is 0 Å². The molecule has 0 spiro atoms. The number of hydrogen-bond donors (Lipinski definition) is 2. The summed E-state index contributed by atoms with van der Waals surface area (Å²) < 4.78 is 17.1. The van der Waals surface area contributed by atoms with Gasteiger partial charge in [-0.2, -0.15) is 0 Å². The summed E-state index contributed by atoms with van der Waals surface area (Å²) in [5, 5.41) is 6.70. The molecular formula is C20H39N3O3. The Kier molecular flexibility index (Phi) is 11.7. The van der Waals surface area contributed by atoms with Crippen molar-refractivity contribution in [2.75, 3.05) is 53.2 Å². The van der Waals surface area contributed by atoms with Gasteiger partial charge < -0.3 is 24.8 Å². The molecule has 6 nitrogen and oxygen atoms in total. The van der Waals surface area contributed by atoms with E-state index >= 15 is 0 Å². The van der Waals surface area contributed by atoms with Crippen LogP contribution in [0, 0.1) is 5.92 Å². The number of ether oxygens (including phenoxy) is 3. The van der Waals surface area contributed by atoms with Crippen LogP contribution in [-0.4, -0.2) is 65.2 Å². The van der Waals surface area contributed by atoms with E-state index in [-0.39, 0.29) is 0 Å². The Labute approximate surface area is 159 Å². The molecule has 0 aromatic carbocycles. The van der Waals surface area contributed by atoms with Gasteiger partial charge in [-0.25, -0.2) is 0 Å². The SMILES string of the molecule is CN=C(NCCCOCC1CCOCC1)NCCCOC1CCCCC1. The van der Waals surface area contributed by atoms with Gasteiger partial charge in [0.25, 0.3) is 0 Å². The molecule has 2 aliphatic rings. The highest BCUT2D eigenvalue weighted by molar-refractivity contribution is 5.79. The second-order valence-electron chi connectivity index (χ2n) is 7.39. The normalized spacial score (nSPS) is 20.3. The lowest BCUT2D eigenvalue weighted by molar-refractivity contribution is 0.0203. The molecule has 152 valence electrons. The summed E-state index contributed by atoms with van der Waals surface area (Å²) in [7, 11) is 1.81. The predicted octanol–water partition coefficient (Wildman–Crippen LogP) is 2.72. The van der Waals surface area contributed by atoms with Crippen LogP contribution in [0.1, 0.15) is 57.8 Å². The zero-order valence-corrected chi connectivity index (χ0v) is 16.6. The number of guanidine groups is 1. The molecule has 0 aromatic heterocycles. The van der Waals surface area contributed by atoms with E-state index in [9.17, 15) is 0 Å². The minimum absolute atomic E-state index is 0.502. The minimum atomic E-state index is 0.502. The monoisotopic (exact) mass is 369 g/mol. The zero-order chi connectivity index (χ0) is 18.3. The Morgan fingerprint density at radius 2 is 1.65 bits per heavy atom. The molecule has 1 heterocycles. The fourth-order valence-electron chi connectivity index (χ4n) is 3.53. The first kappa shape index (κ1) is 21.5. The maximum Gasteiger partial charge on any atom is 0.190 e. The van der Waals surface area contributed by atoms with Gasteiger partial charge in [0.15, 0.2) is 5.96 Å². The van der Waals surface area contributed by atoms with Crippen molar-refractivity contribution < 1.29 is 14.2 Å². The highest BCUT2D eigenvalue weighted by atomic mass is 16.5. The van der Waals surface area contributed by atoms with Crippen molar-refractivity contribution in [3.63, 3.8) is 0 Å². The summed E-state index contributed by atoms with van der Waals surface area (Å²) >= 11 is 0. The second kappa shape index (κ2) is 14.2. The van der Waals surface area contributed by atoms with Crippen molar-refractivity contribution in [2.45, 2.75) is 63.9 Å². The van der Waals surface area contributed by atoms with Crippen molar-refractivity contribution in [1.29, 1.82) is 0 Å². The van der Waals surface area contributed by atoms with Crippen molar-refractivity contribution in [3.05, 3.63) is 0 Å². The lowest BCUT2D eigenvalue weighted by atomic mass is 9.98. The van der Waals surface area contributed by atoms with E-state index in [1.807, 2.05) is 7.05 Å². The highest BCUT2D eigenvalue weighted by Crippen LogP contribution is 2.20. The maximum absolute atomic E-state index is 5.95. The summed E-state index contributed by atoms with van der Waals surface area (Å²) in [6.07, 6.45) is 11.3. The van der Waals surface area contributed by atoms with E-state index in [2.05, 4.69) is 15.6 Å². The van der Waals surface area contributed by atoms with Gasteiger partial charge in [-0.3, -0.25) is 4.99 Å². The lowest BCUT2D eigenvalue weighted by Gasteiger charge is -2.22. The van der Waals surface area contributed by atoms with E-state index in [1.165, 1.54) is 32.1 Å². The van der Waals surface area contributed by atoms with Gasteiger partial charge in [-0.1, -0.05) is 19.3 Å². The molecule has 2 rings (SSSR count). The van der Waals surface area contributed by atoms with E-state index in [0.29, 0.717) is 12.0 Å². The Hall–Kier alpha value is -0.850. The molecule has 0 atom stereocenters. The van der Waals surface area contributed by atoms with Crippen LogP contribution in [0.4, 0.5) is 0 Å². The summed E-state index contributed by atoms with van der Waals surface area (Å²) in [6.45, 7) is 6.08. The fourth-order valence-corrected chi connectivity index (χ4v) is 3.53. The van der Waals surface area contributed by atoms with Crippen LogP contribution >= 0.6 is 0 Å². The zero-order valence-electron chi connectivity index (χ0n) is 16.6. The quantitative estimate of drug-likeness (QED) is 0.333. The van der Waals surface area contributed by atoms with Gasteiger partial charge in [-0.15, -0.1) is 0 Å². The molecule has 2 fully saturated rings. The minimum Gasteiger partial charge on any atom is -0.381 e. The van der Waals surface area contributed by atoms with Gasteiger partial charge in [0, 0.05) is 53.2 Å².